The third kappa shape index (κ3) is 1.28. The molecule has 0 amide bonds. The molecular weight excluding hydrogens is 278 g/mol. The molecule has 0 saturated carbocycles. The van der Waals surface area contributed by atoms with E-state index in [0.717, 1.165) is 11.1 Å². The molecule has 1 fully saturated rings. The van der Waals surface area contributed by atoms with Crippen molar-refractivity contribution in [2.75, 3.05) is 20.6 Å². The number of likely N-dealkylation sites (tertiary alicyclic amines) is 1. The number of benzene rings is 1. The van der Waals surface area contributed by atoms with Crippen LogP contribution < -0.4 is 9.47 Å². The van der Waals surface area contributed by atoms with Crippen molar-refractivity contribution >= 4 is 0 Å². The highest BCUT2D eigenvalue weighted by atomic mass is 16.5. The van der Waals surface area contributed by atoms with E-state index in [9.17, 15) is 5.11 Å². The summed E-state index contributed by atoms with van der Waals surface area (Å²) < 4.78 is 52.3. The van der Waals surface area contributed by atoms with Crippen LogP contribution in [0, 0.1) is 5.92 Å². The number of likely N-dealkylation sites (N-methyl/N-ethyl adjacent to an activating group) is 1. The molecule has 116 valence electrons. The molecule has 0 radical (unpaired) electrons. The van der Waals surface area contributed by atoms with E-state index in [-0.39, 0.29) is 18.0 Å². The Kier molecular flexibility index (Phi) is 1.65. The first-order valence-electron chi connectivity index (χ1n) is 10.2. The molecule has 2 bridgehead atoms. The number of hydrogen-bond acceptors (Lipinski definition) is 4. The molecule has 4 aliphatic rings. The zero-order valence-corrected chi connectivity index (χ0v) is 12.3. The van der Waals surface area contributed by atoms with Crippen LogP contribution in [0.25, 0.3) is 0 Å². The molecule has 1 aromatic carbocycles. The van der Waals surface area contributed by atoms with Gasteiger partial charge in [0.15, 0.2) is 11.5 Å². The number of aliphatic hydroxyl groups is 1. The molecule has 2 heterocycles. The average Bonchev–Trinajstić information content (AvgIpc) is 2.91. The van der Waals surface area contributed by atoms with Gasteiger partial charge in [-0.2, -0.15) is 0 Å². The second-order valence-corrected chi connectivity index (χ2v) is 6.60. The fourth-order valence-electron chi connectivity index (χ4n) is 4.96. The third-order valence-electron chi connectivity index (χ3n) is 5.85. The fraction of sp³-hybridized carbons (Fsp3) is 0.556. The Balaban J connectivity index is 1.81. The van der Waals surface area contributed by atoms with Crippen molar-refractivity contribution in [2.24, 2.45) is 5.92 Å². The van der Waals surface area contributed by atoms with Gasteiger partial charge in [0.2, 0.25) is 0 Å². The summed E-state index contributed by atoms with van der Waals surface area (Å²) in [5.74, 6) is 0.713. The maximum absolute atomic E-state index is 10.8. The van der Waals surface area contributed by atoms with Gasteiger partial charge >= 0.3 is 0 Å². The van der Waals surface area contributed by atoms with E-state index >= 15 is 0 Å². The van der Waals surface area contributed by atoms with Crippen LogP contribution in [-0.4, -0.2) is 48.9 Å². The molecular formula is C18H21NO3. The number of hydrogen-bond donors (Lipinski definition) is 1. The van der Waals surface area contributed by atoms with Crippen molar-refractivity contribution in [3.63, 3.8) is 0 Å². The van der Waals surface area contributed by atoms with E-state index in [2.05, 4.69) is 0 Å². The largest absolute Gasteiger partial charge is 0.493 e. The third-order valence-corrected chi connectivity index (χ3v) is 5.85. The zero-order valence-electron chi connectivity index (χ0n) is 17.3. The van der Waals surface area contributed by atoms with Gasteiger partial charge in [-0.1, -0.05) is 18.2 Å². The molecule has 1 spiro atoms. The van der Waals surface area contributed by atoms with Crippen LogP contribution in [0.2, 0.25) is 0 Å². The van der Waals surface area contributed by atoms with E-state index in [4.69, 9.17) is 16.3 Å². The van der Waals surface area contributed by atoms with Gasteiger partial charge < -0.3 is 19.5 Å². The molecule has 22 heavy (non-hydrogen) atoms. The van der Waals surface area contributed by atoms with Crippen LogP contribution in [-0.2, 0) is 11.8 Å². The van der Waals surface area contributed by atoms with Crippen LogP contribution in [0.5, 0.6) is 11.5 Å². The molecule has 1 N–H and O–H groups in total. The molecule has 1 saturated heterocycles. The summed E-state index contributed by atoms with van der Waals surface area (Å²) in [4.78, 5) is 1.53. The smallest absolute Gasteiger partial charge is 0.165 e. The van der Waals surface area contributed by atoms with Gasteiger partial charge in [0.25, 0.3) is 0 Å². The monoisotopic (exact) mass is 304 g/mol. The maximum atomic E-state index is 10.8. The van der Waals surface area contributed by atoms with Gasteiger partial charge in [-0.15, -0.1) is 0 Å². The summed E-state index contributed by atoms with van der Waals surface area (Å²) in [6.07, 6.45) is 1.29. The lowest BCUT2D eigenvalue weighted by Crippen LogP contribution is -2.64. The highest BCUT2D eigenvalue weighted by molar-refractivity contribution is 5.62. The second kappa shape index (κ2) is 4.06. The summed E-state index contributed by atoms with van der Waals surface area (Å²) in [7, 11) is 1.51. The number of nitrogens with zero attached hydrogens (tertiary/aromatic N) is 1. The van der Waals surface area contributed by atoms with Gasteiger partial charge in [-0.05, 0) is 38.0 Å². The lowest BCUT2D eigenvalue weighted by Gasteiger charge is -2.56. The first-order valence-corrected chi connectivity index (χ1v) is 7.67. The number of methoxy groups -OCH3 is 1. The second-order valence-electron chi connectivity index (χ2n) is 6.60. The van der Waals surface area contributed by atoms with Crippen molar-refractivity contribution < 1.29 is 21.4 Å². The molecule has 0 aromatic heterocycles. The predicted octanol–water partition coefficient (Wildman–Crippen LogP) is 1.50. The van der Waals surface area contributed by atoms with Crippen molar-refractivity contribution in [3.05, 3.63) is 35.4 Å². The SMILES string of the molecule is [2H]c1cc(OC)c2c3c1CC1C4C=CC([2H])(O)C(O2)C34CCN1C([2H])([2H])[2H]. The van der Waals surface area contributed by atoms with E-state index < -0.39 is 24.6 Å². The molecule has 5 unspecified atom stereocenters. The van der Waals surface area contributed by atoms with Crippen LogP contribution in [0.4, 0.5) is 0 Å². The van der Waals surface area contributed by atoms with Crippen LogP contribution >= 0.6 is 0 Å². The summed E-state index contributed by atoms with van der Waals surface area (Å²) in [6.45, 7) is -1.91. The highest BCUT2D eigenvalue weighted by Gasteiger charge is 2.64. The van der Waals surface area contributed by atoms with Gasteiger partial charge in [-0.3, -0.25) is 0 Å². The Hall–Kier alpha value is -1.52. The summed E-state index contributed by atoms with van der Waals surface area (Å²) in [5, 5.41) is 10.8. The van der Waals surface area contributed by atoms with E-state index in [1.165, 1.54) is 18.1 Å². The van der Waals surface area contributed by atoms with Crippen LogP contribution in [0.1, 0.15) is 24.4 Å². The lowest BCUT2D eigenvalue weighted by molar-refractivity contribution is -0.0453. The number of ether oxygens (including phenoxy) is 2. The summed E-state index contributed by atoms with van der Waals surface area (Å²) >= 11 is 0. The quantitative estimate of drug-likeness (QED) is 0.799. The van der Waals surface area contributed by atoms with Gasteiger partial charge in [0.1, 0.15) is 12.2 Å². The van der Waals surface area contributed by atoms with E-state index in [1.54, 1.807) is 12.1 Å². The van der Waals surface area contributed by atoms with Crippen LogP contribution in [0.3, 0.4) is 0 Å². The van der Waals surface area contributed by atoms with Crippen molar-refractivity contribution in [2.45, 2.75) is 36.5 Å². The molecule has 5 rings (SSSR count). The Bertz CT molecular complexity index is 868. The minimum Gasteiger partial charge on any atom is -0.493 e. The van der Waals surface area contributed by atoms with Crippen molar-refractivity contribution in [1.29, 1.82) is 0 Å². The average molecular weight is 304 g/mol. The molecule has 4 heteroatoms. The van der Waals surface area contributed by atoms with Gasteiger partial charge in [0.05, 0.1) is 9.85 Å². The van der Waals surface area contributed by atoms with E-state index in [0.29, 0.717) is 30.9 Å². The zero-order chi connectivity index (χ0) is 19.4. The molecule has 4 nitrogen and oxygen atoms in total. The Morgan fingerprint density at radius 2 is 2.50 bits per heavy atom. The fourth-order valence-corrected chi connectivity index (χ4v) is 4.96. The topological polar surface area (TPSA) is 41.9 Å². The molecule has 2 aliphatic carbocycles. The first-order chi connectivity index (χ1) is 12.6. The standard InChI is InChI=1S/C18H21NO3/c1-19-8-7-18-11-4-5-13(20)17(18)22-16-14(21-2)6-3-10(15(16)18)9-12(11)19/h3-6,11-13,17,20H,7-9H2,1-2H3/i1D3,3D,13D. The van der Waals surface area contributed by atoms with Gasteiger partial charge in [0, 0.05) is 27.1 Å². The molecule has 2 aliphatic heterocycles. The van der Waals surface area contributed by atoms with Crippen molar-refractivity contribution in [3.8, 4) is 11.5 Å². The summed E-state index contributed by atoms with van der Waals surface area (Å²) in [5.41, 5.74) is 0.859. The summed E-state index contributed by atoms with van der Waals surface area (Å²) in [6, 6.07) is 1.53. The number of rotatable bonds is 1. The van der Waals surface area contributed by atoms with E-state index in [1.807, 2.05) is 0 Å². The Morgan fingerprint density at radius 1 is 1.59 bits per heavy atom. The lowest BCUT2D eigenvalue weighted by atomic mass is 9.53. The van der Waals surface area contributed by atoms with Gasteiger partial charge in [-0.25, -0.2) is 0 Å². The minimum absolute atomic E-state index is 0.206. The molecule has 1 aromatic rings. The van der Waals surface area contributed by atoms with Crippen molar-refractivity contribution in [1.82, 2.24) is 4.90 Å². The first kappa shape index (κ1) is 8.94. The minimum atomic E-state index is -2.24. The highest BCUT2D eigenvalue weighted by Crippen LogP contribution is 2.62. The predicted molar refractivity (Wildman–Crippen MR) is 82.5 cm³/mol. The van der Waals surface area contributed by atoms with Crippen LogP contribution in [0.15, 0.2) is 24.3 Å². The Morgan fingerprint density at radius 3 is 3.32 bits per heavy atom. The number of piperidine rings is 1. The normalized spacial score (nSPS) is 48.3. The Labute approximate surface area is 137 Å². The molecule has 5 atom stereocenters. The maximum Gasteiger partial charge on any atom is 0.165 e.